The molecule has 0 aliphatic rings. The predicted molar refractivity (Wildman–Crippen MR) is 68.5 cm³/mol. The standard InChI is InChI=1S/C13H16N4/c1-17(10-12-5-2-3-8-15-12)13-7-4-6-11(9-14)16-13/h2-8H,9-10,14H2,1H3. The van der Waals surface area contributed by atoms with E-state index in [0.29, 0.717) is 6.54 Å². The van der Waals surface area contributed by atoms with Crippen molar-refractivity contribution in [2.24, 2.45) is 5.73 Å². The minimum Gasteiger partial charge on any atom is -0.354 e. The van der Waals surface area contributed by atoms with Crippen LogP contribution >= 0.6 is 0 Å². The van der Waals surface area contributed by atoms with Crippen molar-refractivity contribution in [2.45, 2.75) is 13.1 Å². The van der Waals surface area contributed by atoms with Gasteiger partial charge in [-0.3, -0.25) is 4.98 Å². The van der Waals surface area contributed by atoms with Crippen molar-refractivity contribution < 1.29 is 0 Å². The summed E-state index contributed by atoms with van der Waals surface area (Å²) in [6.07, 6.45) is 1.80. The fraction of sp³-hybridized carbons (Fsp3) is 0.231. The molecule has 2 heterocycles. The van der Waals surface area contributed by atoms with Crippen molar-refractivity contribution >= 4 is 5.82 Å². The number of anilines is 1. The summed E-state index contributed by atoms with van der Waals surface area (Å²) in [6.45, 7) is 1.20. The molecule has 2 N–H and O–H groups in total. The van der Waals surface area contributed by atoms with E-state index in [4.69, 9.17) is 5.73 Å². The highest BCUT2D eigenvalue weighted by Crippen LogP contribution is 2.11. The molecule has 88 valence electrons. The average Bonchev–Trinajstić information content (AvgIpc) is 2.40. The van der Waals surface area contributed by atoms with Gasteiger partial charge >= 0.3 is 0 Å². The predicted octanol–water partition coefficient (Wildman–Crippen LogP) is 1.57. The molecule has 0 atom stereocenters. The molecule has 0 unspecified atom stereocenters. The highest BCUT2D eigenvalue weighted by Gasteiger charge is 2.04. The number of nitrogens with two attached hydrogens (primary N) is 1. The number of pyridine rings is 2. The van der Waals surface area contributed by atoms with Gasteiger partial charge in [0.2, 0.25) is 0 Å². The van der Waals surface area contributed by atoms with Gasteiger partial charge in [-0.1, -0.05) is 12.1 Å². The van der Waals surface area contributed by atoms with E-state index in [1.807, 2.05) is 43.4 Å². The van der Waals surface area contributed by atoms with Crippen LogP contribution < -0.4 is 10.6 Å². The van der Waals surface area contributed by atoms with Gasteiger partial charge in [-0.15, -0.1) is 0 Å². The van der Waals surface area contributed by atoms with Crippen molar-refractivity contribution in [3.05, 3.63) is 54.0 Å². The molecule has 2 aromatic heterocycles. The van der Waals surface area contributed by atoms with Crippen LogP contribution in [0.1, 0.15) is 11.4 Å². The van der Waals surface area contributed by atoms with Crippen LogP contribution in [-0.4, -0.2) is 17.0 Å². The highest BCUT2D eigenvalue weighted by atomic mass is 15.2. The van der Waals surface area contributed by atoms with Gasteiger partial charge < -0.3 is 10.6 Å². The van der Waals surface area contributed by atoms with Crippen LogP contribution in [-0.2, 0) is 13.1 Å². The van der Waals surface area contributed by atoms with Gasteiger partial charge in [0.25, 0.3) is 0 Å². The molecule has 0 saturated carbocycles. The molecule has 17 heavy (non-hydrogen) atoms. The number of nitrogens with zero attached hydrogens (tertiary/aromatic N) is 3. The van der Waals surface area contributed by atoms with E-state index in [1.165, 1.54) is 0 Å². The molecule has 2 aromatic rings. The summed E-state index contributed by atoms with van der Waals surface area (Å²) in [5.41, 5.74) is 7.50. The maximum Gasteiger partial charge on any atom is 0.128 e. The third kappa shape index (κ3) is 3.01. The highest BCUT2D eigenvalue weighted by molar-refractivity contribution is 5.38. The lowest BCUT2D eigenvalue weighted by Crippen LogP contribution is -2.19. The van der Waals surface area contributed by atoms with Gasteiger partial charge in [-0.05, 0) is 24.3 Å². The normalized spacial score (nSPS) is 10.2. The lowest BCUT2D eigenvalue weighted by atomic mass is 10.3. The topological polar surface area (TPSA) is 55.0 Å². The summed E-state index contributed by atoms with van der Waals surface area (Å²) < 4.78 is 0. The summed E-state index contributed by atoms with van der Waals surface area (Å²) >= 11 is 0. The molecule has 0 aromatic carbocycles. The Kier molecular flexibility index (Phi) is 3.67. The largest absolute Gasteiger partial charge is 0.354 e. The monoisotopic (exact) mass is 228 g/mol. The van der Waals surface area contributed by atoms with E-state index >= 15 is 0 Å². The summed E-state index contributed by atoms with van der Waals surface area (Å²) in [7, 11) is 2.00. The fourth-order valence-corrected chi connectivity index (χ4v) is 1.61. The molecule has 2 rings (SSSR count). The van der Waals surface area contributed by atoms with Crippen LogP contribution in [0.25, 0.3) is 0 Å². The van der Waals surface area contributed by atoms with Crippen molar-refractivity contribution in [3.8, 4) is 0 Å². The first-order valence-electron chi connectivity index (χ1n) is 5.56. The van der Waals surface area contributed by atoms with Gasteiger partial charge in [0.15, 0.2) is 0 Å². The van der Waals surface area contributed by atoms with Gasteiger partial charge in [-0.25, -0.2) is 4.98 Å². The summed E-state index contributed by atoms with van der Waals surface area (Å²) in [6, 6.07) is 11.8. The Balaban J connectivity index is 2.11. The lowest BCUT2D eigenvalue weighted by Gasteiger charge is -2.18. The van der Waals surface area contributed by atoms with Crippen LogP contribution in [0.4, 0.5) is 5.82 Å². The van der Waals surface area contributed by atoms with Crippen LogP contribution in [0.3, 0.4) is 0 Å². The van der Waals surface area contributed by atoms with E-state index in [2.05, 4.69) is 14.9 Å². The second-order valence-corrected chi connectivity index (χ2v) is 3.87. The molecule has 4 heteroatoms. The molecule has 4 nitrogen and oxygen atoms in total. The Labute approximate surface area is 101 Å². The second kappa shape index (κ2) is 5.41. The van der Waals surface area contributed by atoms with Crippen molar-refractivity contribution in [3.63, 3.8) is 0 Å². The second-order valence-electron chi connectivity index (χ2n) is 3.87. The third-order valence-corrected chi connectivity index (χ3v) is 2.52. The van der Waals surface area contributed by atoms with E-state index in [-0.39, 0.29) is 0 Å². The van der Waals surface area contributed by atoms with Crippen LogP contribution in [0.2, 0.25) is 0 Å². The lowest BCUT2D eigenvalue weighted by molar-refractivity contribution is 0.853. The molecule has 0 aliphatic heterocycles. The SMILES string of the molecule is CN(Cc1ccccn1)c1cccc(CN)n1. The molecule has 0 radical (unpaired) electrons. The Morgan fingerprint density at radius 1 is 1.12 bits per heavy atom. The van der Waals surface area contributed by atoms with Gasteiger partial charge in [-0.2, -0.15) is 0 Å². The van der Waals surface area contributed by atoms with E-state index in [0.717, 1.165) is 23.8 Å². The molecular weight excluding hydrogens is 212 g/mol. The van der Waals surface area contributed by atoms with Crippen molar-refractivity contribution in [1.29, 1.82) is 0 Å². The fourth-order valence-electron chi connectivity index (χ4n) is 1.61. The number of hydrogen-bond acceptors (Lipinski definition) is 4. The quantitative estimate of drug-likeness (QED) is 0.863. The smallest absolute Gasteiger partial charge is 0.128 e. The van der Waals surface area contributed by atoms with Gasteiger partial charge in [0.05, 0.1) is 17.9 Å². The molecule has 0 fully saturated rings. The van der Waals surface area contributed by atoms with E-state index < -0.39 is 0 Å². The van der Waals surface area contributed by atoms with Crippen LogP contribution in [0.5, 0.6) is 0 Å². The maximum atomic E-state index is 5.58. The minimum absolute atomic E-state index is 0.464. The zero-order valence-corrected chi connectivity index (χ0v) is 9.87. The summed E-state index contributed by atoms with van der Waals surface area (Å²) in [4.78, 5) is 10.8. The van der Waals surface area contributed by atoms with Gasteiger partial charge in [0.1, 0.15) is 5.82 Å². The third-order valence-electron chi connectivity index (χ3n) is 2.52. The van der Waals surface area contributed by atoms with Crippen molar-refractivity contribution in [2.75, 3.05) is 11.9 Å². The Morgan fingerprint density at radius 3 is 2.65 bits per heavy atom. The maximum absolute atomic E-state index is 5.58. The molecule has 0 spiro atoms. The Bertz CT molecular complexity index is 470. The molecule has 0 amide bonds. The van der Waals surface area contributed by atoms with Crippen LogP contribution in [0.15, 0.2) is 42.6 Å². The summed E-state index contributed by atoms with van der Waals surface area (Å²) in [5.74, 6) is 0.915. The van der Waals surface area contributed by atoms with Crippen LogP contribution in [0, 0.1) is 0 Å². The Hall–Kier alpha value is -1.94. The number of rotatable bonds is 4. The Morgan fingerprint density at radius 2 is 1.94 bits per heavy atom. The zero-order chi connectivity index (χ0) is 12.1. The number of aromatic nitrogens is 2. The molecular formula is C13H16N4. The molecule has 0 bridgehead atoms. The molecule has 0 saturated heterocycles. The van der Waals surface area contributed by atoms with Crippen molar-refractivity contribution in [1.82, 2.24) is 9.97 Å². The minimum atomic E-state index is 0.464. The van der Waals surface area contributed by atoms with E-state index in [9.17, 15) is 0 Å². The van der Waals surface area contributed by atoms with E-state index in [1.54, 1.807) is 6.20 Å². The zero-order valence-electron chi connectivity index (χ0n) is 9.87. The summed E-state index contributed by atoms with van der Waals surface area (Å²) in [5, 5.41) is 0. The van der Waals surface area contributed by atoms with Gasteiger partial charge in [0, 0.05) is 19.8 Å². The first kappa shape index (κ1) is 11.5. The number of hydrogen-bond donors (Lipinski definition) is 1. The average molecular weight is 228 g/mol. The first-order chi connectivity index (χ1) is 8.29. The first-order valence-corrected chi connectivity index (χ1v) is 5.56. The molecule has 0 aliphatic carbocycles.